The molecule has 1 saturated heterocycles. The second-order valence-corrected chi connectivity index (χ2v) is 7.27. The van der Waals surface area contributed by atoms with E-state index in [4.69, 9.17) is 11.6 Å². The highest BCUT2D eigenvalue weighted by Gasteiger charge is 2.24. The van der Waals surface area contributed by atoms with E-state index in [9.17, 15) is 4.79 Å². The van der Waals surface area contributed by atoms with Gasteiger partial charge in [0.1, 0.15) is 0 Å². The predicted molar refractivity (Wildman–Crippen MR) is 106 cm³/mol. The van der Waals surface area contributed by atoms with Crippen LogP contribution >= 0.6 is 11.6 Å². The second-order valence-electron chi connectivity index (χ2n) is 6.84. The van der Waals surface area contributed by atoms with Crippen molar-refractivity contribution in [3.63, 3.8) is 0 Å². The third-order valence-corrected chi connectivity index (χ3v) is 5.09. The van der Waals surface area contributed by atoms with Gasteiger partial charge >= 0.3 is 6.03 Å². The molecule has 2 aromatic carbocycles. The Morgan fingerprint density at radius 3 is 2.62 bits per heavy atom. The summed E-state index contributed by atoms with van der Waals surface area (Å²) in [6.07, 6.45) is 1.82. The van der Waals surface area contributed by atoms with E-state index in [0.29, 0.717) is 5.02 Å². The molecule has 26 heavy (non-hydrogen) atoms. The molecular weight excluding hydrogens is 346 g/mol. The third kappa shape index (κ3) is 5.23. The molecule has 0 radical (unpaired) electrons. The van der Waals surface area contributed by atoms with Gasteiger partial charge in [0.15, 0.2) is 0 Å². The Morgan fingerprint density at radius 2 is 1.92 bits per heavy atom. The summed E-state index contributed by atoms with van der Waals surface area (Å²) in [5.74, 6) is 0. The average Bonchev–Trinajstić information content (AvgIpc) is 3.08. The first kappa shape index (κ1) is 18.7. The highest BCUT2D eigenvalue weighted by molar-refractivity contribution is 6.30. The Balaban J connectivity index is 1.48. The molecular formula is C21H26ClN3O. The van der Waals surface area contributed by atoms with Crippen LogP contribution in [-0.4, -0.2) is 30.1 Å². The highest BCUT2D eigenvalue weighted by atomic mass is 35.5. The fourth-order valence-electron chi connectivity index (χ4n) is 3.44. The van der Waals surface area contributed by atoms with Crippen LogP contribution in [0.5, 0.6) is 0 Å². The van der Waals surface area contributed by atoms with Crippen molar-refractivity contribution < 1.29 is 4.79 Å². The SMILES string of the molecule is CCC(NC(=O)NC1CCN(Cc2ccccc2)C1)c1ccc(Cl)cc1. The first-order valence-electron chi connectivity index (χ1n) is 9.23. The lowest BCUT2D eigenvalue weighted by Gasteiger charge is -2.21. The van der Waals surface area contributed by atoms with Gasteiger partial charge in [-0.1, -0.05) is 61.0 Å². The number of hydrogen-bond acceptors (Lipinski definition) is 2. The van der Waals surface area contributed by atoms with Crippen LogP contribution in [0.3, 0.4) is 0 Å². The smallest absolute Gasteiger partial charge is 0.315 e. The van der Waals surface area contributed by atoms with E-state index in [-0.39, 0.29) is 18.1 Å². The number of urea groups is 1. The normalized spacial score (nSPS) is 18.5. The Hall–Kier alpha value is -2.04. The topological polar surface area (TPSA) is 44.4 Å². The standard InChI is InChI=1S/C21H26ClN3O/c1-2-20(17-8-10-18(22)11-9-17)24-21(26)23-19-12-13-25(15-19)14-16-6-4-3-5-7-16/h3-11,19-20H,2,12-15H2,1H3,(H2,23,24,26). The summed E-state index contributed by atoms with van der Waals surface area (Å²) >= 11 is 5.95. The lowest BCUT2D eigenvalue weighted by molar-refractivity contribution is 0.232. The van der Waals surface area contributed by atoms with E-state index in [1.165, 1.54) is 5.56 Å². The molecule has 0 aliphatic carbocycles. The van der Waals surface area contributed by atoms with Gasteiger partial charge in [0.2, 0.25) is 0 Å². The summed E-state index contributed by atoms with van der Waals surface area (Å²) in [5.41, 5.74) is 2.38. The zero-order chi connectivity index (χ0) is 18.4. The number of rotatable bonds is 6. The van der Waals surface area contributed by atoms with Gasteiger partial charge in [-0.15, -0.1) is 0 Å². The minimum atomic E-state index is -0.0987. The lowest BCUT2D eigenvalue weighted by Crippen LogP contribution is -2.44. The van der Waals surface area contributed by atoms with Gasteiger partial charge in [0.25, 0.3) is 0 Å². The summed E-state index contributed by atoms with van der Waals surface area (Å²) in [5, 5.41) is 6.91. The highest BCUT2D eigenvalue weighted by Crippen LogP contribution is 2.19. The maximum atomic E-state index is 12.4. The molecule has 1 fully saturated rings. The molecule has 0 aromatic heterocycles. The van der Waals surface area contributed by atoms with Crippen molar-refractivity contribution in [1.82, 2.24) is 15.5 Å². The minimum Gasteiger partial charge on any atom is -0.334 e. The van der Waals surface area contributed by atoms with Crippen molar-refractivity contribution in [1.29, 1.82) is 0 Å². The monoisotopic (exact) mass is 371 g/mol. The number of nitrogens with one attached hydrogen (secondary N) is 2. The molecule has 4 nitrogen and oxygen atoms in total. The van der Waals surface area contributed by atoms with Crippen LogP contribution in [0.15, 0.2) is 54.6 Å². The van der Waals surface area contributed by atoms with Crippen LogP contribution in [-0.2, 0) is 6.54 Å². The van der Waals surface area contributed by atoms with Crippen molar-refractivity contribution in [3.8, 4) is 0 Å². The summed E-state index contributed by atoms with van der Waals surface area (Å²) in [7, 11) is 0. The molecule has 138 valence electrons. The Kier molecular flexibility index (Phi) is 6.53. The van der Waals surface area contributed by atoms with E-state index in [0.717, 1.165) is 38.0 Å². The maximum Gasteiger partial charge on any atom is 0.315 e. The largest absolute Gasteiger partial charge is 0.334 e. The molecule has 1 aliphatic rings. The van der Waals surface area contributed by atoms with Gasteiger partial charge in [-0.3, -0.25) is 4.90 Å². The summed E-state index contributed by atoms with van der Waals surface area (Å²) < 4.78 is 0. The van der Waals surface area contributed by atoms with Gasteiger partial charge in [0.05, 0.1) is 6.04 Å². The first-order valence-corrected chi connectivity index (χ1v) is 9.60. The fraction of sp³-hybridized carbons (Fsp3) is 0.381. The number of benzene rings is 2. The molecule has 0 spiro atoms. The fourth-order valence-corrected chi connectivity index (χ4v) is 3.56. The van der Waals surface area contributed by atoms with Gasteiger partial charge < -0.3 is 10.6 Å². The van der Waals surface area contributed by atoms with Crippen molar-refractivity contribution in [2.75, 3.05) is 13.1 Å². The van der Waals surface area contributed by atoms with Crippen LogP contribution in [0, 0.1) is 0 Å². The van der Waals surface area contributed by atoms with Crippen LogP contribution in [0.25, 0.3) is 0 Å². The van der Waals surface area contributed by atoms with E-state index < -0.39 is 0 Å². The Morgan fingerprint density at radius 1 is 1.19 bits per heavy atom. The van der Waals surface area contributed by atoms with E-state index in [1.807, 2.05) is 30.3 Å². The number of carbonyl (C=O) groups excluding carboxylic acids is 1. The molecule has 2 atom stereocenters. The number of likely N-dealkylation sites (tertiary alicyclic amines) is 1. The summed E-state index contributed by atoms with van der Waals surface area (Å²) in [6, 6.07) is 18.2. The zero-order valence-corrected chi connectivity index (χ0v) is 15.9. The predicted octanol–water partition coefficient (Wildman–Crippen LogP) is 4.36. The summed E-state index contributed by atoms with van der Waals surface area (Å²) in [4.78, 5) is 14.8. The van der Waals surface area contributed by atoms with Gasteiger partial charge in [-0.2, -0.15) is 0 Å². The van der Waals surface area contributed by atoms with Crippen LogP contribution in [0.4, 0.5) is 4.79 Å². The molecule has 2 unspecified atom stereocenters. The van der Waals surface area contributed by atoms with Crippen LogP contribution < -0.4 is 10.6 Å². The zero-order valence-electron chi connectivity index (χ0n) is 15.1. The van der Waals surface area contributed by atoms with Crippen molar-refractivity contribution in [2.45, 2.75) is 38.4 Å². The van der Waals surface area contributed by atoms with Crippen molar-refractivity contribution >= 4 is 17.6 Å². The lowest BCUT2D eigenvalue weighted by atomic mass is 10.1. The maximum absolute atomic E-state index is 12.4. The quantitative estimate of drug-likeness (QED) is 0.792. The minimum absolute atomic E-state index is 0.00547. The molecule has 0 saturated carbocycles. The third-order valence-electron chi connectivity index (χ3n) is 4.84. The number of carbonyl (C=O) groups is 1. The van der Waals surface area contributed by atoms with Crippen molar-refractivity contribution in [3.05, 3.63) is 70.7 Å². The number of hydrogen-bond donors (Lipinski definition) is 2. The molecule has 2 N–H and O–H groups in total. The van der Waals surface area contributed by atoms with Gasteiger partial charge in [0, 0.05) is 30.7 Å². The Labute approximate surface area is 160 Å². The molecule has 2 aromatic rings. The molecule has 0 bridgehead atoms. The number of halogens is 1. The van der Waals surface area contributed by atoms with Gasteiger partial charge in [-0.05, 0) is 36.1 Å². The summed E-state index contributed by atoms with van der Waals surface area (Å²) in [6.45, 7) is 4.90. The van der Waals surface area contributed by atoms with E-state index in [1.54, 1.807) is 0 Å². The first-order chi connectivity index (χ1) is 12.6. The Bertz CT molecular complexity index is 705. The average molecular weight is 372 g/mol. The molecule has 5 heteroatoms. The second kappa shape index (κ2) is 9.06. The molecule has 1 heterocycles. The molecule has 3 rings (SSSR count). The van der Waals surface area contributed by atoms with E-state index >= 15 is 0 Å². The van der Waals surface area contributed by atoms with Crippen LogP contribution in [0.2, 0.25) is 5.02 Å². The number of nitrogens with zero attached hydrogens (tertiary/aromatic N) is 1. The molecule has 2 amide bonds. The molecule has 1 aliphatic heterocycles. The van der Waals surface area contributed by atoms with Crippen LogP contribution in [0.1, 0.15) is 36.9 Å². The van der Waals surface area contributed by atoms with E-state index in [2.05, 4.69) is 46.7 Å². The van der Waals surface area contributed by atoms with Crippen molar-refractivity contribution in [2.24, 2.45) is 0 Å². The van der Waals surface area contributed by atoms with Gasteiger partial charge in [-0.25, -0.2) is 4.79 Å². The number of amides is 2.